The molecule has 2 aromatic rings. The van der Waals surface area contributed by atoms with Crippen LogP contribution in [0.4, 0.5) is 24.7 Å². The quantitative estimate of drug-likeness (QED) is 0.303. The molecule has 4 heterocycles. The number of aliphatic carboxylic acids is 1. The Labute approximate surface area is 271 Å². The number of carboxylic acids is 1. The van der Waals surface area contributed by atoms with Crippen LogP contribution in [-0.4, -0.2) is 120 Å². The molecule has 0 radical (unpaired) electrons. The van der Waals surface area contributed by atoms with E-state index in [0.29, 0.717) is 57.0 Å². The molecule has 15 heteroatoms. The van der Waals surface area contributed by atoms with Gasteiger partial charge in [-0.2, -0.15) is 23.1 Å². The van der Waals surface area contributed by atoms with E-state index in [4.69, 9.17) is 29.3 Å². The van der Waals surface area contributed by atoms with E-state index in [9.17, 15) is 23.1 Å². The van der Waals surface area contributed by atoms with E-state index < -0.39 is 12.1 Å². The number of halogens is 3. The minimum atomic E-state index is -5.08. The molecule has 3 fully saturated rings. The number of nitrogens with zero attached hydrogens (tertiary/aromatic N) is 6. The van der Waals surface area contributed by atoms with E-state index in [1.807, 2.05) is 17.0 Å². The Morgan fingerprint density at radius 1 is 1.02 bits per heavy atom. The molecule has 0 bridgehead atoms. The Bertz CT molecular complexity index is 1420. The number of morpholine rings is 1. The second-order valence-corrected chi connectivity index (χ2v) is 12.0. The fraction of sp³-hybridized carbons (Fsp3) is 0.562. The fourth-order valence-electron chi connectivity index (χ4n) is 5.93. The highest BCUT2D eigenvalue weighted by Gasteiger charge is 2.38. The molecule has 0 unspecified atom stereocenters. The number of alkyl halides is 3. The van der Waals surface area contributed by atoms with Gasteiger partial charge in [-0.1, -0.05) is 6.58 Å². The topological polar surface area (TPSA) is 132 Å². The zero-order chi connectivity index (χ0) is 33.6. The smallest absolute Gasteiger partial charge is 0.490 e. The third kappa shape index (κ3) is 9.25. The molecule has 1 aromatic heterocycles. The van der Waals surface area contributed by atoms with E-state index in [2.05, 4.69) is 27.3 Å². The lowest BCUT2D eigenvalue weighted by molar-refractivity contribution is -0.192. The summed E-state index contributed by atoms with van der Waals surface area (Å²) in [6.45, 7) is 12.8. The van der Waals surface area contributed by atoms with Crippen LogP contribution >= 0.6 is 0 Å². The lowest BCUT2D eigenvalue weighted by Crippen LogP contribution is -2.49. The number of phenols is 1. The SMILES string of the molecule is C=CC(=O)N1CCN(c2nc(OCCCN3CCOCC3)nc3c2CCN(c2cc(O)cc(C4CC4)c2)C3)CC1.O=C(O)C(F)(F)F. The standard InChI is InChI=1S/C30H40N6O4.C2HF3O2/c1-2-28(38)34-9-11-35(12-10-34)29-26-6-8-36(24-18-23(22-4-5-22)19-25(37)20-24)21-27(26)31-30(32-29)40-15-3-7-33-13-16-39-17-14-33;3-2(4,5)1(6)7/h2,18-20,22,37H,1,3-17,21H2;(H,6,7). The van der Waals surface area contributed by atoms with Gasteiger partial charge in [0.15, 0.2) is 0 Å². The number of carboxylic acid groups (broad SMARTS) is 1. The molecule has 3 aliphatic heterocycles. The van der Waals surface area contributed by atoms with Crippen molar-refractivity contribution in [2.24, 2.45) is 0 Å². The Morgan fingerprint density at radius 3 is 2.36 bits per heavy atom. The third-order valence-corrected chi connectivity index (χ3v) is 8.62. The molecule has 2 saturated heterocycles. The molecule has 4 aliphatic rings. The normalized spacial score (nSPS) is 18.6. The van der Waals surface area contributed by atoms with Crippen molar-refractivity contribution in [3.05, 3.63) is 47.7 Å². The van der Waals surface area contributed by atoms with Gasteiger partial charge in [-0.25, -0.2) is 4.79 Å². The number of phenolic OH excluding ortho intramolecular Hbond substituents is 1. The summed E-state index contributed by atoms with van der Waals surface area (Å²) in [6.07, 6.45) is 0.399. The van der Waals surface area contributed by atoms with E-state index in [1.165, 1.54) is 24.5 Å². The number of aromatic hydroxyl groups is 1. The van der Waals surface area contributed by atoms with Gasteiger partial charge in [0.2, 0.25) is 5.91 Å². The average Bonchev–Trinajstić information content (AvgIpc) is 3.92. The number of fused-ring (bicyclic) bond motifs is 1. The average molecular weight is 663 g/mol. The van der Waals surface area contributed by atoms with Crippen LogP contribution in [0.3, 0.4) is 0 Å². The van der Waals surface area contributed by atoms with Crippen LogP contribution in [0.25, 0.3) is 0 Å². The van der Waals surface area contributed by atoms with Crippen LogP contribution in [0.2, 0.25) is 0 Å². The first-order chi connectivity index (χ1) is 22.5. The monoisotopic (exact) mass is 662 g/mol. The number of amides is 1. The highest BCUT2D eigenvalue weighted by atomic mass is 19.4. The van der Waals surface area contributed by atoms with E-state index in [1.54, 1.807) is 0 Å². The van der Waals surface area contributed by atoms with Gasteiger partial charge in [0.1, 0.15) is 11.6 Å². The Kier molecular flexibility index (Phi) is 11.1. The second kappa shape index (κ2) is 15.2. The molecular weight excluding hydrogens is 621 g/mol. The minimum Gasteiger partial charge on any atom is -0.508 e. The first-order valence-electron chi connectivity index (χ1n) is 15.9. The number of piperazine rings is 1. The van der Waals surface area contributed by atoms with Gasteiger partial charge in [-0.3, -0.25) is 9.69 Å². The van der Waals surface area contributed by atoms with Gasteiger partial charge in [-0.15, -0.1) is 0 Å². The Hall–Kier alpha value is -4.11. The maximum atomic E-state index is 12.1. The van der Waals surface area contributed by atoms with Crippen molar-refractivity contribution in [3.8, 4) is 11.8 Å². The number of rotatable bonds is 9. The number of hydrogen-bond acceptors (Lipinski definition) is 10. The second-order valence-electron chi connectivity index (χ2n) is 12.0. The van der Waals surface area contributed by atoms with Crippen molar-refractivity contribution in [2.75, 3.05) is 82.0 Å². The highest BCUT2D eigenvalue weighted by molar-refractivity contribution is 5.87. The van der Waals surface area contributed by atoms with Crippen LogP contribution in [-0.2, 0) is 27.3 Å². The summed E-state index contributed by atoms with van der Waals surface area (Å²) in [6, 6.07) is 6.40. The molecule has 1 aromatic carbocycles. The van der Waals surface area contributed by atoms with E-state index in [0.717, 1.165) is 75.0 Å². The molecular formula is C32H41F3N6O6. The fourth-order valence-corrected chi connectivity index (χ4v) is 5.93. The molecule has 12 nitrogen and oxygen atoms in total. The molecule has 6 rings (SSSR count). The minimum absolute atomic E-state index is 0.0269. The number of carbonyl (C=O) groups excluding carboxylic acids is 1. The van der Waals surface area contributed by atoms with Crippen LogP contribution in [0, 0.1) is 0 Å². The van der Waals surface area contributed by atoms with Gasteiger partial charge in [0, 0.05) is 69.7 Å². The van der Waals surface area contributed by atoms with Crippen molar-refractivity contribution in [2.45, 2.75) is 44.3 Å². The first kappa shape index (κ1) is 34.2. The molecule has 0 atom stereocenters. The number of benzene rings is 1. The third-order valence-electron chi connectivity index (χ3n) is 8.62. The lowest BCUT2D eigenvalue weighted by atomic mass is 10.0. The van der Waals surface area contributed by atoms with Crippen molar-refractivity contribution in [1.29, 1.82) is 0 Å². The van der Waals surface area contributed by atoms with Crippen LogP contribution < -0.4 is 14.5 Å². The van der Waals surface area contributed by atoms with Gasteiger partial charge < -0.3 is 34.4 Å². The van der Waals surface area contributed by atoms with Gasteiger partial charge in [0.05, 0.1) is 32.1 Å². The predicted octanol–water partition coefficient (Wildman–Crippen LogP) is 3.19. The predicted molar refractivity (Wildman–Crippen MR) is 167 cm³/mol. The summed E-state index contributed by atoms with van der Waals surface area (Å²) >= 11 is 0. The number of anilines is 2. The molecule has 1 amide bonds. The largest absolute Gasteiger partial charge is 0.508 e. The summed E-state index contributed by atoms with van der Waals surface area (Å²) in [5, 5.41) is 17.5. The summed E-state index contributed by atoms with van der Waals surface area (Å²) in [4.78, 5) is 39.7. The lowest BCUT2D eigenvalue weighted by Gasteiger charge is -2.38. The van der Waals surface area contributed by atoms with Crippen molar-refractivity contribution in [3.63, 3.8) is 0 Å². The van der Waals surface area contributed by atoms with Crippen LogP contribution in [0.5, 0.6) is 11.8 Å². The van der Waals surface area contributed by atoms with Crippen LogP contribution in [0.15, 0.2) is 30.9 Å². The molecule has 47 heavy (non-hydrogen) atoms. The van der Waals surface area contributed by atoms with E-state index >= 15 is 0 Å². The maximum Gasteiger partial charge on any atom is 0.490 e. The van der Waals surface area contributed by atoms with Crippen molar-refractivity contribution < 1.29 is 42.4 Å². The van der Waals surface area contributed by atoms with Crippen molar-refractivity contribution in [1.82, 2.24) is 19.8 Å². The summed E-state index contributed by atoms with van der Waals surface area (Å²) in [7, 11) is 0. The highest BCUT2D eigenvalue weighted by Crippen LogP contribution is 2.43. The van der Waals surface area contributed by atoms with Gasteiger partial charge in [0.25, 0.3) is 0 Å². The molecule has 0 spiro atoms. The zero-order valence-electron chi connectivity index (χ0n) is 26.3. The summed E-state index contributed by atoms with van der Waals surface area (Å²) in [5.74, 6) is -0.965. The summed E-state index contributed by atoms with van der Waals surface area (Å²) in [5.41, 5.74) is 4.39. The number of carbonyl (C=O) groups is 2. The van der Waals surface area contributed by atoms with Gasteiger partial charge in [-0.05, 0) is 55.4 Å². The number of hydrogen-bond donors (Lipinski definition) is 2. The number of ether oxygens (including phenoxy) is 2. The molecule has 1 aliphatic carbocycles. The van der Waals surface area contributed by atoms with Crippen LogP contribution in [0.1, 0.15) is 42.0 Å². The zero-order valence-corrected chi connectivity index (χ0v) is 26.3. The van der Waals surface area contributed by atoms with E-state index in [-0.39, 0.29) is 5.91 Å². The molecule has 256 valence electrons. The molecule has 2 N–H and O–H groups in total. The number of aromatic nitrogens is 2. The summed E-state index contributed by atoms with van der Waals surface area (Å²) < 4.78 is 43.3. The maximum absolute atomic E-state index is 12.1. The Balaban J connectivity index is 0.000000559. The first-order valence-corrected chi connectivity index (χ1v) is 15.9. The van der Waals surface area contributed by atoms with Crippen molar-refractivity contribution >= 4 is 23.4 Å². The van der Waals surface area contributed by atoms with Gasteiger partial charge >= 0.3 is 18.2 Å². The molecule has 1 saturated carbocycles. The Morgan fingerprint density at radius 2 is 1.72 bits per heavy atom.